The Kier molecular flexibility index (Phi) is 5.68. The lowest BCUT2D eigenvalue weighted by molar-refractivity contribution is -0.137. The summed E-state index contributed by atoms with van der Waals surface area (Å²) in [7, 11) is 1.70. The van der Waals surface area contributed by atoms with E-state index in [1.54, 1.807) is 23.7 Å². The third kappa shape index (κ3) is 4.69. The van der Waals surface area contributed by atoms with E-state index in [1.165, 1.54) is 24.3 Å². The molecule has 1 N–H and O–H groups in total. The second kappa shape index (κ2) is 8.01. The van der Waals surface area contributed by atoms with Crippen LogP contribution in [0.25, 0.3) is 11.4 Å². The molecule has 0 radical (unpaired) electrons. The third-order valence-corrected chi connectivity index (χ3v) is 4.76. The van der Waals surface area contributed by atoms with Crippen molar-refractivity contribution in [2.75, 3.05) is 11.1 Å². The van der Waals surface area contributed by atoms with Gasteiger partial charge in [0, 0.05) is 18.3 Å². The Hall–Kier alpha value is -2.88. The molecule has 0 fully saturated rings. The Morgan fingerprint density at radius 1 is 1.14 bits per heavy atom. The number of nitrogens with zero attached hydrogens (tertiary/aromatic N) is 3. The highest BCUT2D eigenvalue weighted by atomic mass is 32.2. The quantitative estimate of drug-likeness (QED) is 0.501. The highest BCUT2D eigenvalue weighted by molar-refractivity contribution is 7.99. The molecule has 0 aliphatic rings. The van der Waals surface area contributed by atoms with Gasteiger partial charge in [0.15, 0.2) is 11.0 Å². The van der Waals surface area contributed by atoms with Crippen LogP contribution >= 0.6 is 11.8 Å². The predicted octanol–water partition coefficient (Wildman–Crippen LogP) is 4.37. The van der Waals surface area contributed by atoms with Crippen LogP contribution in [0.4, 0.5) is 23.2 Å². The SMILES string of the molecule is Cn1c(SCC(=O)Nc2cccc(C(F)(F)F)c2)nnc1-c1ccc(F)cc1. The monoisotopic (exact) mass is 410 g/mol. The number of carbonyl (C=O) groups is 1. The van der Waals surface area contributed by atoms with Crippen molar-refractivity contribution in [2.45, 2.75) is 11.3 Å². The fourth-order valence-corrected chi connectivity index (χ4v) is 3.10. The summed E-state index contributed by atoms with van der Waals surface area (Å²) in [4.78, 5) is 12.1. The van der Waals surface area contributed by atoms with E-state index in [9.17, 15) is 22.4 Å². The highest BCUT2D eigenvalue weighted by Gasteiger charge is 2.30. The van der Waals surface area contributed by atoms with E-state index < -0.39 is 17.6 Å². The maximum Gasteiger partial charge on any atom is 0.416 e. The zero-order valence-electron chi connectivity index (χ0n) is 14.5. The number of halogens is 4. The van der Waals surface area contributed by atoms with Crippen LogP contribution in [0, 0.1) is 5.82 Å². The van der Waals surface area contributed by atoms with Gasteiger partial charge in [0.25, 0.3) is 0 Å². The Morgan fingerprint density at radius 2 is 1.86 bits per heavy atom. The molecule has 2 aromatic carbocycles. The van der Waals surface area contributed by atoms with Gasteiger partial charge in [-0.2, -0.15) is 13.2 Å². The van der Waals surface area contributed by atoms with E-state index in [0.29, 0.717) is 16.5 Å². The zero-order chi connectivity index (χ0) is 20.3. The van der Waals surface area contributed by atoms with E-state index in [-0.39, 0.29) is 17.3 Å². The van der Waals surface area contributed by atoms with Gasteiger partial charge in [0.2, 0.25) is 5.91 Å². The number of aromatic nitrogens is 3. The second-order valence-corrected chi connectivity index (χ2v) is 6.73. The minimum atomic E-state index is -4.48. The van der Waals surface area contributed by atoms with Crippen molar-refractivity contribution in [1.29, 1.82) is 0 Å². The topological polar surface area (TPSA) is 59.8 Å². The van der Waals surface area contributed by atoms with Gasteiger partial charge in [0.05, 0.1) is 11.3 Å². The summed E-state index contributed by atoms with van der Waals surface area (Å²) in [6.07, 6.45) is -4.48. The van der Waals surface area contributed by atoms with Gasteiger partial charge >= 0.3 is 6.18 Å². The van der Waals surface area contributed by atoms with Crippen LogP contribution in [-0.2, 0) is 18.0 Å². The van der Waals surface area contributed by atoms with Gasteiger partial charge in [-0.05, 0) is 42.5 Å². The van der Waals surface area contributed by atoms with Crippen LogP contribution in [0.3, 0.4) is 0 Å². The van der Waals surface area contributed by atoms with Crippen LogP contribution in [-0.4, -0.2) is 26.4 Å². The number of benzene rings is 2. The average Bonchev–Trinajstić information content (AvgIpc) is 3.01. The molecule has 146 valence electrons. The van der Waals surface area contributed by atoms with Gasteiger partial charge in [-0.3, -0.25) is 4.79 Å². The number of rotatable bonds is 5. The summed E-state index contributed by atoms with van der Waals surface area (Å²) in [5, 5.41) is 10.9. The molecule has 1 amide bonds. The fraction of sp³-hybridized carbons (Fsp3) is 0.167. The second-order valence-electron chi connectivity index (χ2n) is 5.79. The smallest absolute Gasteiger partial charge is 0.325 e. The summed E-state index contributed by atoms with van der Waals surface area (Å²) in [6, 6.07) is 10.1. The van der Waals surface area contributed by atoms with Gasteiger partial charge in [0.1, 0.15) is 5.82 Å². The average molecular weight is 410 g/mol. The first-order valence-corrected chi connectivity index (χ1v) is 8.98. The fourth-order valence-electron chi connectivity index (χ4n) is 2.39. The first-order chi connectivity index (χ1) is 13.2. The Bertz CT molecular complexity index is 986. The first kappa shape index (κ1) is 19.9. The first-order valence-electron chi connectivity index (χ1n) is 7.99. The van der Waals surface area contributed by atoms with Crippen LogP contribution in [0.15, 0.2) is 53.7 Å². The third-order valence-electron chi connectivity index (χ3n) is 3.74. The van der Waals surface area contributed by atoms with Gasteiger partial charge in [-0.1, -0.05) is 17.8 Å². The molecule has 28 heavy (non-hydrogen) atoms. The molecule has 0 saturated heterocycles. The number of hydrogen-bond acceptors (Lipinski definition) is 4. The number of carbonyl (C=O) groups excluding carboxylic acids is 1. The maximum atomic E-state index is 13.0. The summed E-state index contributed by atoms with van der Waals surface area (Å²) in [5.41, 5.74) is -0.114. The van der Waals surface area contributed by atoms with E-state index >= 15 is 0 Å². The lowest BCUT2D eigenvalue weighted by Crippen LogP contribution is -2.15. The van der Waals surface area contributed by atoms with E-state index in [4.69, 9.17) is 0 Å². The number of amides is 1. The molecule has 1 heterocycles. The van der Waals surface area contributed by atoms with Crippen molar-refractivity contribution < 1.29 is 22.4 Å². The van der Waals surface area contributed by atoms with Crippen LogP contribution < -0.4 is 5.32 Å². The molecule has 5 nitrogen and oxygen atoms in total. The van der Waals surface area contributed by atoms with Crippen molar-refractivity contribution in [3.63, 3.8) is 0 Å². The largest absolute Gasteiger partial charge is 0.416 e. The number of nitrogens with one attached hydrogen (secondary N) is 1. The molecule has 0 bridgehead atoms. The van der Waals surface area contributed by atoms with Crippen molar-refractivity contribution in [3.8, 4) is 11.4 Å². The summed E-state index contributed by atoms with van der Waals surface area (Å²) in [6.45, 7) is 0. The van der Waals surface area contributed by atoms with Crippen molar-refractivity contribution >= 4 is 23.4 Å². The summed E-state index contributed by atoms with van der Waals surface area (Å²) in [5.74, 6) is -0.408. The predicted molar refractivity (Wildman–Crippen MR) is 97.2 cm³/mol. The molecule has 0 aliphatic heterocycles. The highest BCUT2D eigenvalue weighted by Crippen LogP contribution is 2.30. The van der Waals surface area contributed by atoms with Crippen LogP contribution in [0.2, 0.25) is 0 Å². The number of thioether (sulfide) groups is 1. The van der Waals surface area contributed by atoms with E-state index in [1.807, 2.05) is 0 Å². The summed E-state index contributed by atoms with van der Waals surface area (Å²) >= 11 is 1.08. The van der Waals surface area contributed by atoms with E-state index in [2.05, 4.69) is 15.5 Å². The van der Waals surface area contributed by atoms with Crippen molar-refractivity contribution in [1.82, 2.24) is 14.8 Å². The standard InChI is InChI=1S/C18H14F4N4OS/c1-26-16(11-5-7-13(19)8-6-11)24-25-17(26)28-10-15(27)23-14-4-2-3-12(9-14)18(20,21)22/h2-9H,10H2,1H3,(H,23,27). The van der Waals surface area contributed by atoms with Crippen molar-refractivity contribution in [3.05, 3.63) is 59.9 Å². The molecule has 0 aliphatic carbocycles. The molecular formula is C18H14F4N4OS. The minimum absolute atomic E-state index is 0.0605. The normalized spacial score (nSPS) is 11.5. The molecule has 0 unspecified atom stereocenters. The molecule has 0 atom stereocenters. The lowest BCUT2D eigenvalue weighted by atomic mass is 10.2. The summed E-state index contributed by atoms with van der Waals surface area (Å²) < 4.78 is 52.9. The molecular weight excluding hydrogens is 396 g/mol. The molecule has 1 aromatic heterocycles. The lowest BCUT2D eigenvalue weighted by Gasteiger charge is -2.09. The molecule has 0 spiro atoms. The van der Waals surface area contributed by atoms with Gasteiger partial charge < -0.3 is 9.88 Å². The van der Waals surface area contributed by atoms with Gasteiger partial charge in [-0.25, -0.2) is 4.39 Å². The minimum Gasteiger partial charge on any atom is -0.325 e. The van der Waals surface area contributed by atoms with E-state index in [0.717, 1.165) is 23.9 Å². The van der Waals surface area contributed by atoms with Crippen LogP contribution in [0.1, 0.15) is 5.56 Å². The Labute approximate surface area is 161 Å². The Balaban J connectivity index is 1.63. The number of alkyl halides is 3. The Morgan fingerprint density at radius 3 is 2.54 bits per heavy atom. The van der Waals surface area contributed by atoms with Crippen LogP contribution in [0.5, 0.6) is 0 Å². The molecule has 0 saturated carbocycles. The molecule has 10 heteroatoms. The number of anilines is 1. The van der Waals surface area contributed by atoms with Crippen molar-refractivity contribution in [2.24, 2.45) is 7.05 Å². The zero-order valence-corrected chi connectivity index (χ0v) is 15.3. The molecule has 3 rings (SSSR count). The number of hydrogen-bond donors (Lipinski definition) is 1. The van der Waals surface area contributed by atoms with Gasteiger partial charge in [-0.15, -0.1) is 10.2 Å². The molecule has 3 aromatic rings. The maximum absolute atomic E-state index is 13.0.